The third-order valence-electron chi connectivity index (χ3n) is 4.13. The van der Waals surface area contributed by atoms with Gasteiger partial charge in [-0.05, 0) is 38.5 Å². The zero-order valence-corrected chi connectivity index (χ0v) is 16.3. The number of rotatable bonds is 5. The number of fused-ring (bicyclic) bond motifs is 1. The Bertz CT molecular complexity index is 978. The molecule has 1 atom stereocenters. The molecule has 1 N–H and O–H groups in total. The Balaban J connectivity index is 1.82. The van der Waals surface area contributed by atoms with E-state index >= 15 is 0 Å². The highest BCUT2D eigenvalue weighted by atomic mass is 16.6. The topological polar surface area (TPSA) is 68.3 Å². The molecular formula is C23H24N2O3. The molecular weight excluding hydrogens is 352 g/mol. The van der Waals surface area contributed by atoms with Crippen molar-refractivity contribution >= 4 is 22.8 Å². The van der Waals surface area contributed by atoms with Crippen LogP contribution in [0, 0.1) is 0 Å². The highest BCUT2D eigenvalue weighted by Crippen LogP contribution is 2.15. The fraction of sp³-hybridized carbons (Fsp3) is 0.261. The van der Waals surface area contributed by atoms with Gasteiger partial charge in [-0.3, -0.25) is 9.78 Å². The Morgan fingerprint density at radius 1 is 1.04 bits per heavy atom. The summed E-state index contributed by atoms with van der Waals surface area (Å²) in [4.78, 5) is 29.8. The van der Waals surface area contributed by atoms with E-state index in [-0.39, 0.29) is 5.91 Å². The molecule has 0 spiro atoms. The van der Waals surface area contributed by atoms with E-state index in [1.807, 2.05) is 54.6 Å². The Morgan fingerprint density at radius 2 is 1.71 bits per heavy atom. The van der Waals surface area contributed by atoms with Crippen molar-refractivity contribution in [3.63, 3.8) is 0 Å². The number of hydrogen-bond donors (Lipinski definition) is 1. The second-order valence-corrected chi connectivity index (χ2v) is 7.67. The number of carbonyl (C=O) groups excluding carboxylic acids is 2. The predicted molar refractivity (Wildman–Crippen MR) is 109 cm³/mol. The van der Waals surface area contributed by atoms with Crippen LogP contribution in [0.25, 0.3) is 10.9 Å². The van der Waals surface area contributed by atoms with Crippen LogP contribution < -0.4 is 5.32 Å². The molecule has 0 bridgehead atoms. The first-order chi connectivity index (χ1) is 13.3. The Kier molecular flexibility index (Phi) is 5.73. The van der Waals surface area contributed by atoms with E-state index in [1.54, 1.807) is 26.8 Å². The van der Waals surface area contributed by atoms with Crippen molar-refractivity contribution in [1.82, 2.24) is 10.3 Å². The molecule has 0 radical (unpaired) electrons. The van der Waals surface area contributed by atoms with E-state index in [0.29, 0.717) is 12.0 Å². The molecule has 1 aromatic heterocycles. The summed E-state index contributed by atoms with van der Waals surface area (Å²) in [6, 6.07) is 18.1. The van der Waals surface area contributed by atoms with E-state index in [1.165, 1.54) is 6.20 Å². The quantitative estimate of drug-likeness (QED) is 0.686. The van der Waals surface area contributed by atoms with Gasteiger partial charge in [0.1, 0.15) is 11.6 Å². The minimum absolute atomic E-state index is 0.350. The summed E-state index contributed by atoms with van der Waals surface area (Å²) in [6.07, 6.45) is 1.87. The molecule has 5 heteroatoms. The second kappa shape index (κ2) is 8.21. The van der Waals surface area contributed by atoms with E-state index in [2.05, 4.69) is 10.3 Å². The molecule has 0 aliphatic carbocycles. The van der Waals surface area contributed by atoms with Crippen molar-refractivity contribution in [3.8, 4) is 0 Å². The number of benzene rings is 2. The fourth-order valence-corrected chi connectivity index (χ4v) is 2.85. The number of amides is 1. The molecule has 0 fully saturated rings. The molecule has 0 saturated carbocycles. The van der Waals surface area contributed by atoms with Gasteiger partial charge in [-0.2, -0.15) is 0 Å². The molecule has 1 amide bonds. The number of nitrogens with zero attached hydrogens (tertiary/aromatic N) is 1. The average molecular weight is 376 g/mol. The standard InChI is InChI=1S/C23H24N2O3/c1-23(2,3)28-22(27)20(13-16-9-5-4-6-10-16)25-21(26)18-14-17-11-7-8-12-19(17)24-15-18/h4-12,14-15,20H,13H2,1-3H3,(H,25,26)/t20-/m0/s1. The van der Waals surface area contributed by atoms with Gasteiger partial charge < -0.3 is 10.1 Å². The predicted octanol–water partition coefficient (Wildman–Crippen LogP) is 3.92. The molecule has 0 unspecified atom stereocenters. The Labute approximate surface area is 164 Å². The lowest BCUT2D eigenvalue weighted by Crippen LogP contribution is -2.45. The highest BCUT2D eigenvalue weighted by Gasteiger charge is 2.27. The number of ether oxygens (including phenoxy) is 1. The lowest BCUT2D eigenvalue weighted by molar-refractivity contribution is -0.157. The van der Waals surface area contributed by atoms with Crippen molar-refractivity contribution < 1.29 is 14.3 Å². The lowest BCUT2D eigenvalue weighted by atomic mass is 10.0. The monoisotopic (exact) mass is 376 g/mol. The van der Waals surface area contributed by atoms with E-state index < -0.39 is 17.6 Å². The van der Waals surface area contributed by atoms with Crippen molar-refractivity contribution in [2.75, 3.05) is 0 Å². The van der Waals surface area contributed by atoms with Crippen LogP contribution in [0.4, 0.5) is 0 Å². The van der Waals surface area contributed by atoms with Crippen LogP contribution >= 0.6 is 0 Å². The number of para-hydroxylation sites is 1. The van der Waals surface area contributed by atoms with Crippen molar-refractivity contribution in [2.45, 2.75) is 38.8 Å². The van der Waals surface area contributed by atoms with Crippen molar-refractivity contribution in [2.24, 2.45) is 0 Å². The normalized spacial score (nSPS) is 12.4. The van der Waals surface area contributed by atoms with Gasteiger partial charge in [0, 0.05) is 18.0 Å². The summed E-state index contributed by atoms with van der Waals surface area (Å²) in [5.74, 6) is -0.816. The number of pyridine rings is 1. The smallest absolute Gasteiger partial charge is 0.329 e. The number of hydrogen-bond acceptors (Lipinski definition) is 4. The maximum absolute atomic E-state index is 12.8. The molecule has 0 saturated heterocycles. The van der Waals surface area contributed by atoms with Crippen molar-refractivity contribution in [3.05, 3.63) is 78.0 Å². The summed E-state index contributed by atoms with van der Waals surface area (Å²) in [5.41, 5.74) is 1.52. The number of nitrogens with one attached hydrogen (secondary N) is 1. The third-order valence-corrected chi connectivity index (χ3v) is 4.13. The van der Waals surface area contributed by atoms with Gasteiger partial charge in [-0.15, -0.1) is 0 Å². The van der Waals surface area contributed by atoms with Crippen LogP contribution in [0.3, 0.4) is 0 Å². The first-order valence-electron chi connectivity index (χ1n) is 9.24. The SMILES string of the molecule is CC(C)(C)OC(=O)[C@H](Cc1ccccc1)NC(=O)c1cnc2ccccc2c1. The first-order valence-corrected chi connectivity index (χ1v) is 9.24. The van der Waals surface area contributed by atoms with Gasteiger partial charge in [0.05, 0.1) is 11.1 Å². The van der Waals surface area contributed by atoms with Crippen LogP contribution in [-0.2, 0) is 16.0 Å². The van der Waals surface area contributed by atoms with Crippen LogP contribution in [-0.4, -0.2) is 28.5 Å². The third kappa shape index (κ3) is 5.16. The first kappa shape index (κ1) is 19.5. The average Bonchev–Trinajstić information content (AvgIpc) is 2.66. The van der Waals surface area contributed by atoms with Gasteiger partial charge >= 0.3 is 5.97 Å². The van der Waals surface area contributed by atoms with Gasteiger partial charge in [0.25, 0.3) is 5.91 Å². The fourth-order valence-electron chi connectivity index (χ4n) is 2.85. The van der Waals surface area contributed by atoms with Gasteiger partial charge in [-0.1, -0.05) is 48.5 Å². The van der Waals surface area contributed by atoms with Gasteiger partial charge in [0.2, 0.25) is 0 Å². The highest BCUT2D eigenvalue weighted by molar-refractivity contribution is 5.99. The Morgan fingerprint density at radius 3 is 2.43 bits per heavy atom. The summed E-state index contributed by atoms with van der Waals surface area (Å²) in [7, 11) is 0. The van der Waals surface area contributed by atoms with Crippen molar-refractivity contribution in [1.29, 1.82) is 0 Å². The van der Waals surface area contributed by atoms with Crippen LogP contribution in [0.15, 0.2) is 66.9 Å². The maximum atomic E-state index is 12.8. The maximum Gasteiger partial charge on any atom is 0.329 e. The van der Waals surface area contributed by atoms with Crippen LogP contribution in [0.1, 0.15) is 36.7 Å². The molecule has 144 valence electrons. The Hall–Kier alpha value is -3.21. The minimum atomic E-state index is -0.791. The van der Waals surface area contributed by atoms with Gasteiger partial charge in [-0.25, -0.2) is 4.79 Å². The van der Waals surface area contributed by atoms with E-state index in [9.17, 15) is 9.59 Å². The molecule has 3 aromatic rings. The minimum Gasteiger partial charge on any atom is -0.458 e. The molecule has 3 rings (SSSR count). The lowest BCUT2D eigenvalue weighted by Gasteiger charge is -2.24. The summed E-state index contributed by atoms with van der Waals surface area (Å²) < 4.78 is 5.51. The van der Waals surface area contributed by atoms with E-state index in [4.69, 9.17) is 4.74 Å². The number of aromatic nitrogens is 1. The zero-order valence-electron chi connectivity index (χ0n) is 16.3. The number of carbonyl (C=O) groups is 2. The summed E-state index contributed by atoms with van der Waals surface area (Å²) in [6.45, 7) is 5.42. The second-order valence-electron chi connectivity index (χ2n) is 7.67. The summed E-state index contributed by atoms with van der Waals surface area (Å²) in [5, 5.41) is 3.68. The molecule has 0 aliphatic rings. The molecule has 2 aromatic carbocycles. The zero-order chi connectivity index (χ0) is 20.1. The number of esters is 1. The van der Waals surface area contributed by atoms with Gasteiger partial charge in [0.15, 0.2) is 0 Å². The van der Waals surface area contributed by atoms with Crippen LogP contribution in [0.5, 0.6) is 0 Å². The van der Waals surface area contributed by atoms with E-state index in [0.717, 1.165) is 16.5 Å². The molecule has 0 aliphatic heterocycles. The largest absolute Gasteiger partial charge is 0.458 e. The molecule has 1 heterocycles. The molecule has 5 nitrogen and oxygen atoms in total. The van der Waals surface area contributed by atoms with Crippen LogP contribution in [0.2, 0.25) is 0 Å². The summed E-state index contributed by atoms with van der Waals surface area (Å²) >= 11 is 0. The molecule has 28 heavy (non-hydrogen) atoms.